The summed E-state index contributed by atoms with van der Waals surface area (Å²) < 4.78 is 0. The van der Waals surface area contributed by atoms with Crippen molar-refractivity contribution in [1.29, 1.82) is 0 Å². The largest absolute Gasteiger partial charge is 0.356 e. The molecule has 2 saturated heterocycles. The number of amides is 2. The number of nitrogens with one attached hydrogen (secondary N) is 2. The van der Waals surface area contributed by atoms with Gasteiger partial charge >= 0.3 is 0 Å². The predicted octanol–water partition coefficient (Wildman–Crippen LogP) is 0.359. The maximum Gasteiger partial charge on any atom is 0.227 e. The number of hydrogen-bond donors (Lipinski definition) is 2. The number of piperidine rings is 1. The lowest BCUT2D eigenvalue weighted by molar-refractivity contribution is -0.137. The number of carbonyl (C=O) groups excluding carboxylic acids is 2. The molecule has 0 saturated carbocycles. The van der Waals surface area contributed by atoms with Crippen molar-refractivity contribution in [2.45, 2.75) is 39.2 Å². The van der Waals surface area contributed by atoms with E-state index in [1.54, 1.807) is 6.92 Å². The average Bonchev–Trinajstić information content (AvgIpc) is 2.82. The van der Waals surface area contributed by atoms with Gasteiger partial charge in [0.2, 0.25) is 11.8 Å². The Hall–Kier alpha value is -1.10. The zero-order valence-corrected chi connectivity index (χ0v) is 11.9. The third-order valence-corrected chi connectivity index (χ3v) is 4.41. The molecule has 2 fully saturated rings. The van der Waals surface area contributed by atoms with Gasteiger partial charge in [-0.1, -0.05) is 0 Å². The molecule has 2 rings (SSSR count). The van der Waals surface area contributed by atoms with E-state index in [1.807, 2.05) is 4.90 Å². The minimum absolute atomic E-state index is 0.0318. The molecule has 2 heterocycles. The molecule has 2 amide bonds. The second-order valence-electron chi connectivity index (χ2n) is 5.84. The van der Waals surface area contributed by atoms with E-state index in [-0.39, 0.29) is 11.8 Å². The molecule has 5 nitrogen and oxygen atoms in total. The molecule has 108 valence electrons. The van der Waals surface area contributed by atoms with Gasteiger partial charge in [0.05, 0.1) is 5.92 Å². The topological polar surface area (TPSA) is 61.4 Å². The summed E-state index contributed by atoms with van der Waals surface area (Å²) >= 11 is 0. The number of rotatable bonds is 3. The van der Waals surface area contributed by atoms with Gasteiger partial charge < -0.3 is 15.5 Å². The molecular formula is C14H25N3O2. The third kappa shape index (κ3) is 3.69. The summed E-state index contributed by atoms with van der Waals surface area (Å²) in [5.74, 6) is 1.03. The Bertz CT molecular complexity index is 338. The first-order valence-corrected chi connectivity index (χ1v) is 7.34. The highest BCUT2D eigenvalue weighted by Gasteiger charge is 2.34. The zero-order chi connectivity index (χ0) is 13.8. The zero-order valence-electron chi connectivity index (χ0n) is 11.9. The quantitative estimate of drug-likeness (QED) is 0.776. The Labute approximate surface area is 115 Å². The monoisotopic (exact) mass is 267 g/mol. The van der Waals surface area contributed by atoms with E-state index in [2.05, 4.69) is 17.6 Å². The number of likely N-dealkylation sites (tertiary alicyclic amines) is 1. The van der Waals surface area contributed by atoms with Crippen molar-refractivity contribution in [2.75, 3.05) is 26.2 Å². The summed E-state index contributed by atoms with van der Waals surface area (Å²) in [6.07, 6.45) is 2.97. The Morgan fingerprint density at radius 2 is 1.95 bits per heavy atom. The number of nitrogens with zero attached hydrogens (tertiary/aromatic N) is 1. The summed E-state index contributed by atoms with van der Waals surface area (Å²) in [6.45, 7) is 7.03. The van der Waals surface area contributed by atoms with Gasteiger partial charge in [0, 0.05) is 32.6 Å². The van der Waals surface area contributed by atoms with Gasteiger partial charge in [-0.05, 0) is 38.6 Å². The summed E-state index contributed by atoms with van der Waals surface area (Å²) in [5.41, 5.74) is 0. The predicted molar refractivity (Wildman–Crippen MR) is 73.6 cm³/mol. The van der Waals surface area contributed by atoms with Gasteiger partial charge in [0.15, 0.2) is 0 Å². The molecule has 2 aliphatic heterocycles. The second kappa shape index (κ2) is 6.37. The molecule has 19 heavy (non-hydrogen) atoms. The Balaban J connectivity index is 1.76. The summed E-state index contributed by atoms with van der Waals surface area (Å²) in [6, 6.07) is 0.310. The van der Waals surface area contributed by atoms with Gasteiger partial charge in [0.1, 0.15) is 0 Å². The summed E-state index contributed by atoms with van der Waals surface area (Å²) in [5, 5.41) is 6.21. The van der Waals surface area contributed by atoms with Crippen LogP contribution in [0.15, 0.2) is 0 Å². The molecule has 5 heteroatoms. The molecule has 0 aromatic rings. The smallest absolute Gasteiger partial charge is 0.227 e. The Morgan fingerprint density at radius 3 is 2.47 bits per heavy atom. The molecule has 2 unspecified atom stereocenters. The Morgan fingerprint density at radius 1 is 1.26 bits per heavy atom. The Kier molecular flexibility index (Phi) is 4.80. The van der Waals surface area contributed by atoms with E-state index in [0.717, 1.165) is 45.4 Å². The minimum atomic E-state index is 0.0318. The van der Waals surface area contributed by atoms with Crippen LogP contribution < -0.4 is 10.6 Å². The number of carbonyl (C=O) groups is 2. The lowest BCUT2D eigenvalue weighted by atomic mass is 9.94. The molecule has 0 radical (unpaired) electrons. The van der Waals surface area contributed by atoms with E-state index in [9.17, 15) is 9.59 Å². The standard InChI is InChI=1S/C14H25N3O2/c1-10-13(3-6-15-10)14(19)17-7-4-12(5-8-17)9-16-11(2)18/h10,12-13,15H,3-9H2,1-2H3,(H,16,18). The highest BCUT2D eigenvalue weighted by molar-refractivity contribution is 5.80. The van der Waals surface area contributed by atoms with Crippen LogP contribution >= 0.6 is 0 Å². The molecule has 0 aromatic carbocycles. The van der Waals surface area contributed by atoms with Crippen molar-refractivity contribution < 1.29 is 9.59 Å². The van der Waals surface area contributed by atoms with Crippen LogP contribution in [0.2, 0.25) is 0 Å². The first kappa shape index (κ1) is 14.3. The van der Waals surface area contributed by atoms with Crippen LogP contribution in [-0.4, -0.2) is 48.9 Å². The fourth-order valence-corrected chi connectivity index (χ4v) is 3.08. The highest BCUT2D eigenvalue weighted by Crippen LogP contribution is 2.22. The highest BCUT2D eigenvalue weighted by atomic mass is 16.2. The molecule has 0 spiro atoms. The molecule has 2 aliphatic rings. The fraction of sp³-hybridized carbons (Fsp3) is 0.857. The first-order valence-electron chi connectivity index (χ1n) is 7.34. The molecule has 0 aliphatic carbocycles. The maximum atomic E-state index is 12.4. The van der Waals surface area contributed by atoms with Crippen molar-refractivity contribution in [3.63, 3.8) is 0 Å². The normalized spacial score (nSPS) is 28.4. The van der Waals surface area contributed by atoms with Gasteiger partial charge in [-0.2, -0.15) is 0 Å². The lowest BCUT2D eigenvalue weighted by Crippen LogP contribution is -2.45. The van der Waals surface area contributed by atoms with Crippen molar-refractivity contribution in [3.8, 4) is 0 Å². The van der Waals surface area contributed by atoms with E-state index < -0.39 is 0 Å². The van der Waals surface area contributed by atoms with Crippen molar-refractivity contribution in [2.24, 2.45) is 11.8 Å². The van der Waals surface area contributed by atoms with Gasteiger partial charge in [-0.25, -0.2) is 0 Å². The van der Waals surface area contributed by atoms with E-state index >= 15 is 0 Å². The van der Waals surface area contributed by atoms with Crippen LogP contribution in [0.3, 0.4) is 0 Å². The minimum Gasteiger partial charge on any atom is -0.356 e. The van der Waals surface area contributed by atoms with Crippen molar-refractivity contribution in [3.05, 3.63) is 0 Å². The van der Waals surface area contributed by atoms with Crippen molar-refractivity contribution in [1.82, 2.24) is 15.5 Å². The first-order chi connectivity index (χ1) is 9.08. The van der Waals surface area contributed by atoms with Gasteiger partial charge in [-0.15, -0.1) is 0 Å². The lowest BCUT2D eigenvalue weighted by Gasteiger charge is -2.34. The third-order valence-electron chi connectivity index (χ3n) is 4.41. The molecule has 2 N–H and O–H groups in total. The van der Waals surface area contributed by atoms with Crippen LogP contribution in [0, 0.1) is 11.8 Å². The molecule has 0 aromatic heterocycles. The fourth-order valence-electron chi connectivity index (χ4n) is 3.08. The summed E-state index contributed by atoms with van der Waals surface area (Å²) in [4.78, 5) is 25.3. The van der Waals surface area contributed by atoms with Gasteiger partial charge in [0.25, 0.3) is 0 Å². The van der Waals surface area contributed by atoms with Crippen LogP contribution in [0.5, 0.6) is 0 Å². The van der Waals surface area contributed by atoms with E-state index in [1.165, 1.54) is 0 Å². The molecule has 2 atom stereocenters. The van der Waals surface area contributed by atoms with Crippen LogP contribution in [-0.2, 0) is 9.59 Å². The van der Waals surface area contributed by atoms with E-state index in [4.69, 9.17) is 0 Å². The van der Waals surface area contributed by atoms with Gasteiger partial charge in [-0.3, -0.25) is 9.59 Å². The van der Waals surface area contributed by atoms with Crippen molar-refractivity contribution >= 4 is 11.8 Å². The average molecular weight is 267 g/mol. The second-order valence-corrected chi connectivity index (χ2v) is 5.84. The van der Waals surface area contributed by atoms with Crippen LogP contribution in [0.25, 0.3) is 0 Å². The summed E-state index contributed by atoms with van der Waals surface area (Å²) in [7, 11) is 0. The van der Waals surface area contributed by atoms with E-state index in [0.29, 0.717) is 17.9 Å². The van der Waals surface area contributed by atoms with Crippen LogP contribution in [0.1, 0.15) is 33.1 Å². The SMILES string of the molecule is CC(=O)NCC1CCN(C(=O)C2CCNC2C)CC1. The van der Waals surface area contributed by atoms with Crippen LogP contribution in [0.4, 0.5) is 0 Å². The number of hydrogen-bond acceptors (Lipinski definition) is 3. The molecule has 0 bridgehead atoms. The molecular weight excluding hydrogens is 242 g/mol. The maximum absolute atomic E-state index is 12.4.